The first-order valence-electron chi connectivity index (χ1n) is 5.91. The lowest BCUT2D eigenvalue weighted by atomic mass is 10.3. The minimum atomic E-state index is -3.64. The molecule has 0 spiro atoms. The van der Waals surface area contributed by atoms with E-state index >= 15 is 0 Å². The zero-order chi connectivity index (χ0) is 13.8. The third-order valence-electron chi connectivity index (χ3n) is 2.88. The highest BCUT2D eigenvalue weighted by Gasteiger charge is 2.40. The zero-order valence-corrected chi connectivity index (χ0v) is 11.8. The standard InChI is InChI=1S/C10H20N2O5S/c1-4-11(5-2)18(14,15)12-6-7-17-8-9(12)10(13)16-3/h9H,4-8H2,1-3H3. The fourth-order valence-corrected chi connectivity index (χ4v) is 3.61. The summed E-state index contributed by atoms with van der Waals surface area (Å²) in [6, 6.07) is -0.894. The second kappa shape index (κ2) is 6.46. The number of esters is 1. The number of nitrogens with zero attached hydrogens (tertiary/aromatic N) is 2. The van der Waals surface area contributed by atoms with Gasteiger partial charge in [0.1, 0.15) is 6.04 Å². The number of morpholine rings is 1. The summed E-state index contributed by atoms with van der Waals surface area (Å²) in [5, 5.41) is 0. The van der Waals surface area contributed by atoms with E-state index < -0.39 is 22.2 Å². The van der Waals surface area contributed by atoms with Crippen molar-refractivity contribution in [2.75, 3.05) is 40.0 Å². The van der Waals surface area contributed by atoms with E-state index in [1.54, 1.807) is 13.8 Å². The van der Waals surface area contributed by atoms with Gasteiger partial charge in [0.2, 0.25) is 0 Å². The molecule has 0 radical (unpaired) electrons. The van der Waals surface area contributed by atoms with Crippen molar-refractivity contribution < 1.29 is 22.7 Å². The first kappa shape index (κ1) is 15.4. The Hall–Kier alpha value is -0.700. The molecule has 0 aliphatic carbocycles. The van der Waals surface area contributed by atoms with Crippen molar-refractivity contribution in [2.24, 2.45) is 0 Å². The predicted molar refractivity (Wildman–Crippen MR) is 65.2 cm³/mol. The average molecular weight is 280 g/mol. The lowest BCUT2D eigenvalue weighted by molar-refractivity contribution is -0.149. The molecular weight excluding hydrogens is 260 g/mol. The minimum Gasteiger partial charge on any atom is -0.468 e. The van der Waals surface area contributed by atoms with E-state index in [-0.39, 0.29) is 19.8 Å². The Kier molecular flexibility index (Phi) is 5.51. The smallest absolute Gasteiger partial charge is 0.326 e. The third kappa shape index (κ3) is 3.00. The maximum absolute atomic E-state index is 12.4. The molecule has 0 N–H and O–H groups in total. The summed E-state index contributed by atoms with van der Waals surface area (Å²) in [6.07, 6.45) is 0. The fourth-order valence-electron chi connectivity index (χ4n) is 1.88. The highest BCUT2D eigenvalue weighted by Crippen LogP contribution is 2.17. The molecule has 0 saturated carbocycles. The second-order valence-corrected chi connectivity index (χ2v) is 5.70. The van der Waals surface area contributed by atoms with Crippen LogP contribution < -0.4 is 0 Å². The monoisotopic (exact) mass is 280 g/mol. The SMILES string of the molecule is CCN(CC)S(=O)(=O)N1CCOCC1C(=O)OC. The highest BCUT2D eigenvalue weighted by molar-refractivity contribution is 7.86. The van der Waals surface area contributed by atoms with Crippen LogP contribution in [0.2, 0.25) is 0 Å². The number of methoxy groups -OCH3 is 1. The van der Waals surface area contributed by atoms with Crippen LogP contribution in [0.3, 0.4) is 0 Å². The van der Waals surface area contributed by atoms with Gasteiger partial charge in [0.25, 0.3) is 10.2 Å². The molecule has 0 aromatic rings. The average Bonchev–Trinajstić information content (AvgIpc) is 2.39. The van der Waals surface area contributed by atoms with Crippen molar-refractivity contribution in [3.05, 3.63) is 0 Å². The molecule has 0 aromatic heterocycles. The quantitative estimate of drug-likeness (QED) is 0.631. The Morgan fingerprint density at radius 2 is 2.06 bits per heavy atom. The van der Waals surface area contributed by atoms with Gasteiger partial charge in [0, 0.05) is 19.6 Å². The maximum Gasteiger partial charge on any atom is 0.326 e. The first-order valence-corrected chi connectivity index (χ1v) is 7.31. The molecule has 8 heteroatoms. The van der Waals surface area contributed by atoms with Crippen molar-refractivity contribution in [3.8, 4) is 0 Å². The van der Waals surface area contributed by atoms with Gasteiger partial charge in [0.05, 0.1) is 20.3 Å². The molecule has 18 heavy (non-hydrogen) atoms. The topological polar surface area (TPSA) is 76.2 Å². The Morgan fingerprint density at radius 3 is 2.56 bits per heavy atom. The highest BCUT2D eigenvalue weighted by atomic mass is 32.2. The van der Waals surface area contributed by atoms with E-state index in [0.717, 1.165) is 4.31 Å². The van der Waals surface area contributed by atoms with E-state index in [9.17, 15) is 13.2 Å². The fraction of sp³-hybridized carbons (Fsp3) is 0.900. The van der Waals surface area contributed by atoms with E-state index in [4.69, 9.17) is 4.74 Å². The Labute approximate surface area is 108 Å². The minimum absolute atomic E-state index is 0.0349. The van der Waals surface area contributed by atoms with Gasteiger partial charge in [-0.3, -0.25) is 4.79 Å². The van der Waals surface area contributed by atoms with Crippen molar-refractivity contribution >= 4 is 16.2 Å². The number of carbonyl (C=O) groups is 1. The summed E-state index contributed by atoms with van der Waals surface area (Å²) in [5.41, 5.74) is 0. The van der Waals surface area contributed by atoms with Crippen LogP contribution in [0.15, 0.2) is 0 Å². The van der Waals surface area contributed by atoms with Crippen molar-refractivity contribution in [1.29, 1.82) is 0 Å². The van der Waals surface area contributed by atoms with Crippen LogP contribution >= 0.6 is 0 Å². The van der Waals surface area contributed by atoms with Gasteiger partial charge in [-0.05, 0) is 0 Å². The molecule has 1 saturated heterocycles. The van der Waals surface area contributed by atoms with Gasteiger partial charge in [-0.1, -0.05) is 13.8 Å². The number of ether oxygens (including phenoxy) is 2. The third-order valence-corrected chi connectivity index (χ3v) is 5.08. The number of hydrogen-bond donors (Lipinski definition) is 0. The second-order valence-electron chi connectivity index (χ2n) is 3.82. The summed E-state index contributed by atoms with van der Waals surface area (Å²) >= 11 is 0. The zero-order valence-electron chi connectivity index (χ0n) is 11.0. The molecule has 1 heterocycles. The molecule has 0 bridgehead atoms. The normalized spacial score (nSPS) is 22.1. The van der Waals surface area contributed by atoms with Crippen LogP contribution in [-0.4, -0.2) is 69.0 Å². The molecule has 106 valence electrons. The van der Waals surface area contributed by atoms with E-state index in [1.807, 2.05) is 0 Å². The molecule has 1 atom stereocenters. The van der Waals surface area contributed by atoms with Crippen molar-refractivity contribution in [3.63, 3.8) is 0 Å². The number of rotatable bonds is 5. The molecule has 0 amide bonds. The largest absolute Gasteiger partial charge is 0.468 e. The van der Waals surface area contributed by atoms with Gasteiger partial charge in [-0.15, -0.1) is 0 Å². The summed E-state index contributed by atoms with van der Waals surface area (Å²) in [4.78, 5) is 11.6. The van der Waals surface area contributed by atoms with Crippen LogP contribution in [0, 0.1) is 0 Å². The van der Waals surface area contributed by atoms with E-state index in [1.165, 1.54) is 11.4 Å². The van der Waals surface area contributed by atoms with E-state index in [0.29, 0.717) is 13.1 Å². The van der Waals surface area contributed by atoms with Gasteiger partial charge in [0.15, 0.2) is 0 Å². The van der Waals surface area contributed by atoms with E-state index in [2.05, 4.69) is 4.74 Å². The Balaban J connectivity index is 2.99. The van der Waals surface area contributed by atoms with Gasteiger partial charge in [-0.25, -0.2) is 0 Å². The Morgan fingerprint density at radius 1 is 1.44 bits per heavy atom. The lowest BCUT2D eigenvalue weighted by Gasteiger charge is -2.35. The molecular formula is C10H20N2O5S. The van der Waals surface area contributed by atoms with Crippen molar-refractivity contribution in [1.82, 2.24) is 8.61 Å². The number of carbonyl (C=O) groups excluding carboxylic acids is 1. The molecule has 7 nitrogen and oxygen atoms in total. The van der Waals surface area contributed by atoms with Gasteiger partial charge >= 0.3 is 5.97 Å². The molecule has 1 fully saturated rings. The molecule has 1 aliphatic heterocycles. The first-order chi connectivity index (χ1) is 8.48. The molecule has 0 aromatic carbocycles. The number of hydrogen-bond acceptors (Lipinski definition) is 5. The van der Waals surface area contributed by atoms with Crippen molar-refractivity contribution in [2.45, 2.75) is 19.9 Å². The van der Waals surface area contributed by atoms with Crippen LogP contribution in [0.4, 0.5) is 0 Å². The summed E-state index contributed by atoms with van der Waals surface area (Å²) < 4.78 is 37.0. The van der Waals surface area contributed by atoms with Crippen LogP contribution in [0.25, 0.3) is 0 Å². The lowest BCUT2D eigenvalue weighted by Crippen LogP contribution is -2.56. The molecule has 1 rings (SSSR count). The predicted octanol–water partition coefficient (Wildman–Crippen LogP) is -0.553. The maximum atomic E-state index is 12.4. The van der Waals surface area contributed by atoms with Crippen LogP contribution in [-0.2, 0) is 24.5 Å². The Bertz CT molecular complexity index is 380. The van der Waals surface area contributed by atoms with Crippen LogP contribution in [0.1, 0.15) is 13.8 Å². The van der Waals surface area contributed by atoms with Crippen LogP contribution in [0.5, 0.6) is 0 Å². The summed E-state index contributed by atoms with van der Waals surface area (Å²) in [7, 11) is -2.41. The van der Waals surface area contributed by atoms with Gasteiger partial charge < -0.3 is 9.47 Å². The molecule has 1 aliphatic rings. The summed E-state index contributed by atoms with van der Waals surface area (Å²) in [6.45, 7) is 4.73. The molecule has 1 unspecified atom stereocenters. The van der Waals surface area contributed by atoms with Gasteiger partial charge in [-0.2, -0.15) is 17.0 Å². The summed E-state index contributed by atoms with van der Waals surface area (Å²) in [5.74, 6) is -0.592.